The van der Waals surface area contributed by atoms with Gasteiger partial charge in [-0.2, -0.15) is 0 Å². The number of hydrogen-bond donors (Lipinski definition) is 1. The molecule has 1 spiro atoms. The van der Waals surface area contributed by atoms with Gasteiger partial charge < -0.3 is 10.1 Å². The highest BCUT2D eigenvalue weighted by molar-refractivity contribution is 5.21. The first kappa shape index (κ1) is 19.5. The molecule has 1 N–H and O–H groups in total. The van der Waals surface area contributed by atoms with E-state index in [2.05, 4.69) is 17.4 Å². The van der Waals surface area contributed by atoms with Gasteiger partial charge in [-0.15, -0.1) is 0 Å². The fourth-order valence-corrected chi connectivity index (χ4v) is 5.17. The Morgan fingerprint density at radius 3 is 2.61 bits per heavy atom. The van der Waals surface area contributed by atoms with E-state index >= 15 is 0 Å². The second kappa shape index (κ2) is 8.71. The third-order valence-corrected chi connectivity index (χ3v) is 6.68. The van der Waals surface area contributed by atoms with Crippen LogP contribution in [0.15, 0.2) is 48.7 Å². The van der Waals surface area contributed by atoms with E-state index in [1.165, 1.54) is 37.4 Å². The molecule has 2 aromatic rings. The number of rotatable bonds is 7. The van der Waals surface area contributed by atoms with E-state index in [0.717, 1.165) is 50.9 Å². The van der Waals surface area contributed by atoms with Crippen LogP contribution in [0, 0.1) is 5.82 Å². The summed E-state index contributed by atoms with van der Waals surface area (Å²) in [6, 6.07) is 13.3. The number of benzene rings is 1. The summed E-state index contributed by atoms with van der Waals surface area (Å²) in [6.45, 7) is 2.54. The van der Waals surface area contributed by atoms with Gasteiger partial charge in [0.05, 0.1) is 5.60 Å². The lowest BCUT2D eigenvalue weighted by molar-refractivity contribution is -0.104. The Morgan fingerprint density at radius 2 is 1.82 bits per heavy atom. The molecule has 150 valence electrons. The van der Waals surface area contributed by atoms with Crippen molar-refractivity contribution in [3.63, 3.8) is 0 Å². The molecule has 1 aliphatic carbocycles. The highest BCUT2D eigenvalue weighted by Gasteiger charge is 2.48. The molecule has 3 nitrogen and oxygen atoms in total. The summed E-state index contributed by atoms with van der Waals surface area (Å²) in [5.41, 5.74) is 2.13. The van der Waals surface area contributed by atoms with E-state index in [1.54, 1.807) is 6.07 Å². The van der Waals surface area contributed by atoms with Crippen molar-refractivity contribution in [3.05, 3.63) is 65.7 Å². The van der Waals surface area contributed by atoms with E-state index in [4.69, 9.17) is 9.72 Å². The zero-order valence-corrected chi connectivity index (χ0v) is 16.6. The lowest BCUT2D eigenvalue weighted by atomic mass is 9.68. The lowest BCUT2D eigenvalue weighted by Gasteiger charge is -2.46. The van der Waals surface area contributed by atoms with Crippen LogP contribution in [-0.4, -0.2) is 30.3 Å². The Balaban J connectivity index is 1.40. The van der Waals surface area contributed by atoms with E-state index < -0.39 is 0 Å². The van der Waals surface area contributed by atoms with Crippen LogP contribution in [0.4, 0.5) is 4.39 Å². The van der Waals surface area contributed by atoms with E-state index in [1.807, 2.05) is 24.4 Å². The zero-order valence-electron chi connectivity index (χ0n) is 16.6. The maximum Gasteiger partial charge on any atom is 0.126 e. The van der Waals surface area contributed by atoms with Gasteiger partial charge in [0, 0.05) is 23.9 Å². The molecule has 1 aliphatic heterocycles. The van der Waals surface area contributed by atoms with Gasteiger partial charge in [-0.1, -0.05) is 37.1 Å². The molecular weight excluding hydrogens is 351 g/mol. The largest absolute Gasteiger partial charge is 0.375 e. The number of nitrogens with one attached hydrogen (secondary N) is 1. The van der Waals surface area contributed by atoms with E-state index in [9.17, 15) is 4.39 Å². The number of aromatic nitrogens is 1. The second-order valence-corrected chi connectivity index (χ2v) is 8.50. The quantitative estimate of drug-likeness (QED) is 0.698. The molecular formula is C24H31FN2O. The normalized spacial score (nSPS) is 23.9. The number of ether oxygens (including phenoxy) is 1. The number of hydrogen-bond acceptors (Lipinski definition) is 3. The Morgan fingerprint density at radius 1 is 1.00 bits per heavy atom. The van der Waals surface area contributed by atoms with Gasteiger partial charge in [-0.25, -0.2) is 4.39 Å². The molecule has 2 fully saturated rings. The van der Waals surface area contributed by atoms with Crippen molar-refractivity contribution in [3.8, 4) is 0 Å². The van der Waals surface area contributed by atoms with Gasteiger partial charge in [0.1, 0.15) is 5.82 Å². The molecule has 0 amide bonds. The second-order valence-electron chi connectivity index (χ2n) is 8.50. The summed E-state index contributed by atoms with van der Waals surface area (Å²) >= 11 is 0. The predicted molar refractivity (Wildman–Crippen MR) is 110 cm³/mol. The van der Waals surface area contributed by atoms with E-state index in [-0.39, 0.29) is 16.8 Å². The average molecular weight is 383 g/mol. The van der Waals surface area contributed by atoms with Crippen LogP contribution in [0.5, 0.6) is 0 Å². The van der Waals surface area contributed by atoms with Crippen molar-refractivity contribution < 1.29 is 9.13 Å². The van der Waals surface area contributed by atoms with Crippen LogP contribution in [0.25, 0.3) is 0 Å². The highest BCUT2D eigenvalue weighted by atomic mass is 19.1. The fourth-order valence-electron chi connectivity index (χ4n) is 5.17. The van der Waals surface area contributed by atoms with Gasteiger partial charge in [-0.05, 0) is 75.4 Å². The topological polar surface area (TPSA) is 34.2 Å². The molecule has 1 aromatic heterocycles. The van der Waals surface area contributed by atoms with Gasteiger partial charge in [0.25, 0.3) is 0 Å². The zero-order chi connectivity index (χ0) is 19.3. The molecule has 1 atom stereocenters. The van der Waals surface area contributed by atoms with E-state index in [0.29, 0.717) is 0 Å². The van der Waals surface area contributed by atoms with Gasteiger partial charge in [0.15, 0.2) is 0 Å². The minimum atomic E-state index is -0.109. The minimum Gasteiger partial charge on any atom is -0.375 e. The minimum absolute atomic E-state index is 0.0585. The molecule has 0 bridgehead atoms. The van der Waals surface area contributed by atoms with Gasteiger partial charge in [0.2, 0.25) is 0 Å². The van der Waals surface area contributed by atoms with Crippen LogP contribution >= 0.6 is 0 Å². The summed E-state index contributed by atoms with van der Waals surface area (Å²) in [5.74, 6) is -0.109. The van der Waals surface area contributed by atoms with Crippen molar-refractivity contribution in [2.75, 3.05) is 19.7 Å². The molecule has 28 heavy (non-hydrogen) atoms. The monoisotopic (exact) mass is 382 g/mol. The first-order valence-electron chi connectivity index (χ1n) is 10.7. The molecule has 4 heteroatoms. The average Bonchev–Trinajstić information content (AvgIpc) is 3.17. The summed E-state index contributed by atoms with van der Waals surface area (Å²) in [7, 11) is 0. The van der Waals surface area contributed by atoms with Crippen LogP contribution in [-0.2, 0) is 16.6 Å². The maximum absolute atomic E-state index is 13.8. The molecule has 4 rings (SSSR count). The predicted octanol–water partition coefficient (Wildman–Crippen LogP) is 4.80. The van der Waals surface area contributed by atoms with Crippen LogP contribution in [0.2, 0.25) is 0 Å². The Labute approximate surface area is 167 Å². The van der Waals surface area contributed by atoms with Crippen molar-refractivity contribution in [2.45, 2.75) is 62.4 Å². The molecule has 1 saturated heterocycles. The SMILES string of the molecule is Fc1ccccc1CCNCC[C@@]1(c2ccccn2)CCOC2(CCCC2)C1. The molecule has 1 saturated carbocycles. The summed E-state index contributed by atoms with van der Waals surface area (Å²) < 4.78 is 20.1. The third-order valence-electron chi connectivity index (χ3n) is 6.68. The molecule has 0 unspecified atom stereocenters. The van der Waals surface area contributed by atoms with Gasteiger partial charge in [-0.3, -0.25) is 4.98 Å². The summed E-state index contributed by atoms with van der Waals surface area (Å²) in [4.78, 5) is 4.75. The van der Waals surface area contributed by atoms with Crippen molar-refractivity contribution in [2.24, 2.45) is 0 Å². The Hall–Kier alpha value is -1.78. The number of halogens is 1. The lowest BCUT2D eigenvalue weighted by Crippen LogP contribution is -2.47. The first-order chi connectivity index (χ1) is 13.7. The first-order valence-corrected chi connectivity index (χ1v) is 10.7. The maximum atomic E-state index is 13.8. The van der Waals surface area contributed by atoms with Gasteiger partial charge >= 0.3 is 0 Å². The van der Waals surface area contributed by atoms with Crippen molar-refractivity contribution in [1.82, 2.24) is 10.3 Å². The van der Waals surface area contributed by atoms with Crippen LogP contribution in [0.3, 0.4) is 0 Å². The fraction of sp³-hybridized carbons (Fsp3) is 0.542. The van der Waals surface area contributed by atoms with Crippen molar-refractivity contribution in [1.29, 1.82) is 0 Å². The third kappa shape index (κ3) is 4.28. The van der Waals surface area contributed by atoms with Crippen molar-refractivity contribution >= 4 is 0 Å². The van der Waals surface area contributed by atoms with Crippen LogP contribution < -0.4 is 5.32 Å². The molecule has 0 radical (unpaired) electrons. The standard InChI is InChI=1S/C24H31FN2O/c25-21-8-2-1-7-20(21)10-16-26-17-13-23(22-9-3-6-15-27-22)14-18-28-24(19-23)11-4-5-12-24/h1-3,6-9,15,26H,4-5,10-14,16-19H2/t23-/m1/s1. The smallest absolute Gasteiger partial charge is 0.126 e. The molecule has 2 heterocycles. The molecule has 2 aliphatic rings. The number of pyridine rings is 1. The molecule has 1 aromatic carbocycles. The Kier molecular flexibility index (Phi) is 6.07. The highest BCUT2D eigenvalue weighted by Crippen LogP contribution is 2.49. The number of nitrogens with zero attached hydrogens (tertiary/aromatic N) is 1. The van der Waals surface area contributed by atoms with Crippen LogP contribution in [0.1, 0.15) is 56.2 Å². The summed E-state index contributed by atoms with van der Waals surface area (Å²) in [6.07, 6.45) is 10.7. The Bertz CT molecular complexity index is 760. The summed E-state index contributed by atoms with van der Waals surface area (Å²) in [5, 5.41) is 3.55.